The number of rotatable bonds is 35. The quantitative estimate of drug-likeness (QED) is 0.0166. The van der Waals surface area contributed by atoms with Gasteiger partial charge in [0.1, 0.15) is 17.7 Å². The highest BCUT2D eigenvalue weighted by Gasteiger charge is 2.45. The molecule has 4 heterocycles. The van der Waals surface area contributed by atoms with Gasteiger partial charge in [0.25, 0.3) is 17.7 Å². The molecule has 0 spiro atoms. The number of nitrogens with two attached hydrogens (primary N) is 1. The zero-order valence-electron chi connectivity index (χ0n) is 45.3. The van der Waals surface area contributed by atoms with Crippen molar-refractivity contribution in [3.8, 4) is 22.3 Å². The van der Waals surface area contributed by atoms with E-state index in [1.807, 2.05) is 36.4 Å². The number of nitrogens with zero attached hydrogens (tertiary/aromatic N) is 2. The molecule has 24 heteroatoms. The Kier molecular flexibility index (Phi) is 23.5. The third kappa shape index (κ3) is 17.6. The molecule has 0 saturated carbocycles. The maximum Gasteiger partial charge on any atom is 0.264 e. The van der Waals surface area contributed by atoms with Crippen LogP contribution in [0.2, 0.25) is 0 Å². The molecule has 0 bridgehead atoms. The van der Waals surface area contributed by atoms with Gasteiger partial charge < -0.3 is 64.3 Å². The maximum absolute atomic E-state index is 15.5. The smallest absolute Gasteiger partial charge is 0.264 e. The molecule has 22 nitrogen and oxygen atoms in total. The number of pyridine rings is 1. The van der Waals surface area contributed by atoms with E-state index in [0.29, 0.717) is 163 Å². The summed E-state index contributed by atoms with van der Waals surface area (Å²) in [5.41, 5.74) is 12.5. The summed E-state index contributed by atoms with van der Waals surface area (Å²) < 4.78 is 63.1. The Morgan fingerprint density at radius 1 is 0.646 bits per heavy atom. The number of hydrogen-bond donors (Lipinski definition) is 6. The van der Waals surface area contributed by atoms with E-state index in [0.717, 1.165) is 21.7 Å². The summed E-state index contributed by atoms with van der Waals surface area (Å²) in [5, 5.41) is 11.0. The normalized spacial score (nSPS) is 14.8. The van der Waals surface area contributed by atoms with Crippen molar-refractivity contribution in [3.05, 3.63) is 119 Å². The van der Waals surface area contributed by atoms with Crippen molar-refractivity contribution in [1.82, 2.24) is 20.5 Å². The highest BCUT2D eigenvalue weighted by atomic mass is 32.2. The Balaban J connectivity index is 0.558. The molecule has 8 rings (SSSR count). The summed E-state index contributed by atoms with van der Waals surface area (Å²) in [5.74, 6) is -2.60. The molecule has 0 radical (unpaired) electrons. The summed E-state index contributed by atoms with van der Waals surface area (Å²) in [6.45, 7) is 7.02. The highest BCUT2D eigenvalue weighted by Crippen LogP contribution is 2.35. The van der Waals surface area contributed by atoms with Crippen molar-refractivity contribution in [2.75, 3.05) is 140 Å². The third-order valence-electron chi connectivity index (χ3n) is 13.1. The van der Waals surface area contributed by atoms with Gasteiger partial charge in [-0.3, -0.25) is 39.0 Å². The number of anilines is 4. The Morgan fingerprint density at radius 2 is 1.26 bits per heavy atom. The number of aromatic nitrogens is 1. The zero-order valence-corrected chi connectivity index (χ0v) is 46.1. The van der Waals surface area contributed by atoms with Gasteiger partial charge >= 0.3 is 0 Å². The Morgan fingerprint density at radius 3 is 1.89 bits per heavy atom. The molecular formula is C58H67FN8O14S. The van der Waals surface area contributed by atoms with Crippen LogP contribution in [0.25, 0.3) is 22.3 Å². The number of benzene rings is 4. The average molecular weight is 1150 g/mol. The highest BCUT2D eigenvalue weighted by molar-refractivity contribution is 8.00. The van der Waals surface area contributed by atoms with Gasteiger partial charge in [-0.05, 0) is 96.6 Å². The van der Waals surface area contributed by atoms with Crippen molar-refractivity contribution in [2.45, 2.75) is 36.6 Å². The van der Waals surface area contributed by atoms with Gasteiger partial charge in [-0.25, -0.2) is 9.37 Å². The van der Waals surface area contributed by atoms with Crippen LogP contribution in [0.5, 0.6) is 0 Å². The molecule has 1 saturated heterocycles. The van der Waals surface area contributed by atoms with E-state index in [1.54, 1.807) is 48.7 Å². The summed E-state index contributed by atoms with van der Waals surface area (Å²) in [4.78, 5) is 80.8. The number of imide groups is 2. The van der Waals surface area contributed by atoms with E-state index < -0.39 is 35.5 Å². The molecule has 3 aliphatic rings. The van der Waals surface area contributed by atoms with Gasteiger partial charge in [0.05, 0.1) is 123 Å². The number of piperidine rings is 1. The van der Waals surface area contributed by atoms with Crippen molar-refractivity contribution < 1.29 is 71.1 Å². The van der Waals surface area contributed by atoms with Crippen LogP contribution in [0.15, 0.2) is 96.0 Å². The van der Waals surface area contributed by atoms with E-state index in [1.165, 1.54) is 18.0 Å². The predicted molar refractivity (Wildman–Crippen MR) is 303 cm³/mol. The zero-order chi connectivity index (χ0) is 57.5. The minimum Gasteiger partial charge on any atom is -0.383 e. The van der Waals surface area contributed by atoms with Crippen molar-refractivity contribution in [3.63, 3.8) is 0 Å². The lowest BCUT2D eigenvalue weighted by Crippen LogP contribution is -2.54. The summed E-state index contributed by atoms with van der Waals surface area (Å²) in [6, 6.07) is 23.4. The summed E-state index contributed by atoms with van der Waals surface area (Å²) in [7, 11) is 0. The second kappa shape index (κ2) is 31.7. The van der Waals surface area contributed by atoms with Crippen LogP contribution in [-0.2, 0) is 58.7 Å². The number of nitrogens with one attached hydrogen (secondary N) is 5. The van der Waals surface area contributed by atoms with Gasteiger partial charge in [-0.1, -0.05) is 24.3 Å². The molecule has 1 aromatic heterocycles. The number of carbonyl (C=O) groups is 6. The molecule has 6 amide bonds. The molecule has 1 fully saturated rings. The lowest BCUT2D eigenvalue weighted by Gasteiger charge is -2.27. The minimum atomic E-state index is -1.03. The van der Waals surface area contributed by atoms with E-state index in [9.17, 15) is 28.8 Å². The fourth-order valence-corrected chi connectivity index (χ4v) is 9.60. The van der Waals surface area contributed by atoms with Crippen molar-refractivity contribution in [2.24, 2.45) is 0 Å². The Labute approximate surface area is 478 Å². The van der Waals surface area contributed by atoms with Gasteiger partial charge in [0.15, 0.2) is 0 Å². The molecule has 436 valence electrons. The lowest BCUT2D eigenvalue weighted by atomic mass is 9.94. The maximum atomic E-state index is 15.5. The van der Waals surface area contributed by atoms with Crippen molar-refractivity contribution in [1.29, 1.82) is 0 Å². The van der Waals surface area contributed by atoms with Crippen LogP contribution in [-0.4, -0.2) is 170 Å². The van der Waals surface area contributed by atoms with Crippen LogP contribution in [0, 0.1) is 5.82 Å². The molecule has 4 aromatic carbocycles. The van der Waals surface area contributed by atoms with Crippen LogP contribution in [0.3, 0.4) is 0 Å². The molecule has 1 atom stereocenters. The molecule has 82 heavy (non-hydrogen) atoms. The number of amides is 6. The van der Waals surface area contributed by atoms with Crippen LogP contribution >= 0.6 is 11.9 Å². The largest absolute Gasteiger partial charge is 0.383 e. The van der Waals surface area contributed by atoms with Crippen LogP contribution in [0.4, 0.5) is 27.3 Å². The Hall–Kier alpha value is -7.39. The fraction of sp³-hybridized carbons (Fsp3) is 0.397. The van der Waals surface area contributed by atoms with Crippen LogP contribution < -0.4 is 31.7 Å². The average Bonchev–Trinajstić information content (AvgIpc) is 3.09. The third-order valence-corrected chi connectivity index (χ3v) is 13.9. The Bertz CT molecular complexity index is 3010. The standard InChI is InChI=1S/C58H67FN8O14S/c59-48-36-43(9-11-44(48)40-35-47(54(60)63-37-40)38-4-10-45-39(34-38)14-16-62-55(45)70)82-66-42-7-5-41(6-8-42)64-52(69)15-18-74-20-22-76-24-26-78-28-30-80-32-33-81-31-29-79-27-25-77-23-21-75-19-17-61-49-3-1-2-46-53(49)58(73)67(57(46)72)50-12-13-51(68)65-56(50)71/h1-11,34-37,50,61,66H,12-33H2,(H2,60,63)(H,62,70)(H,64,69)(H,65,68,71). The van der Waals surface area contributed by atoms with Gasteiger partial charge in [0.2, 0.25) is 17.7 Å². The first kappa shape index (κ1) is 60.7. The number of nitrogen functional groups attached to an aromatic ring is 1. The molecule has 7 N–H and O–H groups in total. The van der Waals surface area contributed by atoms with E-state index >= 15 is 4.39 Å². The molecule has 0 aliphatic carbocycles. The minimum absolute atomic E-state index is 0.0534. The van der Waals surface area contributed by atoms with E-state index in [4.69, 9.17) is 43.6 Å². The van der Waals surface area contributed by atoms with Gasteiger partial charge in [0, 0.05) is 69.9 Å². The first-order chi connectivity index (χ1) is 40.0. The first-order valence-corrected chi connectivity index (χ1v) is 27.9. The lowest BCUT2D eigenvalue weighted by molar-refractivity contribution is -0.136. The van der Waals surface area contributed by atoms with Crippen molar-refractivity contribution >= 4 is 70.3 Å². The fourth-order valence-electron chi connectivity index (χ4n) is 8.93. The van der Waals surface area contributed by atoms with Gasteiger partial charge in [-0.15, -0.1) is 0 Å². The number of carbonyl (C=O) groups excluding carboxylic acids is 6. The second-order valence-electron chi connectivity index (χ2n) is 18.8. The number of fused-ring (bicyclic) bond motifs is 2. The SMILES string of the molecule is Nc1ncc(-c2ccc(SNc3ccc(NC(=O)CCOCCOCCOCCOCCOCCOCCOCCOCCNc4cccc5c4C(=O)N(C4CCC(=O)NC4=O)C5=O)cc3)cc2F)cc1-c1ccc2c(c1)CCNC2=O. The summed E-state index contributed by atoms with van der Waals surface area (Å²) in [6.07, 6.45) is 2.58. The van der Waals surface area contributed by atoms with E-state index in [2.05, 4.69) is 31.0 Å². The monoisotopic (exact) mass is 1150 g/mol. The molecule has 3 aliphatic heterocycles. The summed E-state index contributed by atoms with van der Waals surface area (Å²) >= 11 is 1.25. The number of hydrogen-bond acceptors (Lipinski definition) is 19. The van der Waals surface area contributed by atoms with Crippen LogP contribution in [0.1, 0.15) is 55.9 Å². The molecular weight excluding hydrogens is 1080 g/mol. The topological polar surface area (TPSA) is 279 Å². The number of halogens is 1. The predicted octanol–water partition coefficient (Wildman–Crippen LogP) is 5.52. The second-order valence-corrected chi connectivity index (χ2v) is 19.6. The first-order valence-electron chi connectivity index (χ1n) is 27.0. The number of ether oxygens (including phenoxy) is 8. The molecule has 5 aromatic rings. The van der Waals surface area contributed by atoms with E-state index in [-0.39, 0.29) is 48.8 Å². The molecule has 1 unspecified atom stereocenters. The van der Waals surface area contributed by atoms with Gasteiger partial charge in [-0.2, -0.15) is 0 Å².